The van der Waals surface area contributed by atoms with E-state index in [1.165, 1.54) is 54.5 Å². The maximum Gasteiger partial charge on any atom is 0.311 e. The second-order valence-corrected chi connectivity index (χ2v) is 7.52. The molecule has 33 heavy (non-hydrogen) atoms. The molecule has 0 spiro atoms. The first-order valence-corrected chi connectivity index (χ1v) is 10.5. The van der Waals surface area contributed by atoms with Crippen molar-refractivity contribution < 1.29 is 28.4 Å². The number of hydrogen-bond acceptors (Lipinski definition) is 6. The summed E-state index contributed by atoms with van der Waals surface area (Å²) >= 11 is 0. The fraction of sp³-hybridized carbons (Fsp3) is 0.391. The van der Waals surface area contributed by atoms with Crippen LogP contribution in [0.15, 0.2) is 42.5 Å². The van der Waals surface area contributed by atoms with Gasteiger partial charge < -0.3 is 19.7 Å². The lowest BCUT2D eigenvalue weighted by Gasteiger charge is -2.29. The Kier molecular flexibility index (Phi) is 9.14. The second kappa shape index (κ2) is 11.8. The highest BCUT2D eigenvalue weighted by molar-refractivity contribution is 5.88. The molecule has 2 rings (SSSR count). The van der Waals surface area contributed by atoms with Gasteiger partial charge in [0.15, 0.2) is 6.61 Å². The van der Waals surface area contributed by atoms with Crippen molar-refractivity contribution >= 4 is 17.5 Å². The van der Waals surface area contributed by atoms with Crippen molar-refractivity contribution in [3.63, 3.8) is 0 Å². The summed E-state index contributed by atoms with van der Waals surface area (Å²) in [6.07, 6.45) is 0.732. The van der Waals surface area contributed by atoms with Gasteiger partial charge in [0.25, 0.3) is 5.91 Å². The molecule has 0 heterocycles. The monoisotopic (exact) mass is 461 g/mol. The highest BCUT2D eigenvalue weighted by Crippen LogP contribution is 2.30. The van der Waals surface area contributed by atoms with Gasteiger partial charge in [-0.3, -0.25) is 19.7 Å². The number of ether oxygens (including phenoxy) is 2. The number of nitro benzene ring substituents is 1. The SMILES string of the molecule is CC[C@@H](C)NC(=O)[C@@H](C)N(Cc1ccc(F)cc1)C(=O)COc1ccc([N+](=O)[O-])c(OC)c1. The standard InChI is InChI=1S/C23H28FN3O6/c1-5-15(2)25-23(29)16(3)26(13-17-6-8-18(24)9-7-17)22(28)14-33-19-10-11-20(27(30)31)21(12-19)32-4/h6-12,15-16H,5,13-14H2,1-4H3,(H,25,29)/t15-,16-/m1/s1. The van der Waals surface area contributed by atoms with Crippen molar-refractivity contribution in [1.82, 2.24) is 10.2 Å². The van der Waals surface area contributed by atoms with E-state index < -0.39 is 29.3 Å². The Balaban J connectivity index is 2.19. The van der Waals surface area contributed by atoms with Crippen molar-refractivity contribution in [2.45, 2.75) is 45.8 Å². The molecule has 0 aliphatic heterocycles. The predicted molar refractivity (Wildman–Crippen MR) is 119 cm³/mol. The summed E-state index contributed by atoms with van der Waals surface area (Å²) in [7, 11) is 1.29. The molecule has 0 unspecified atom stereocenters. The summed E-state index contributed by atoms with van der Waals surface area (Å²) in [6.45, 7) is 5.06. The lowest BCUT2D eigenvalue weighted by molar-refractivity contribution is -0.385. The largest absolute Gasteiger partial charge is 0.490 e. The van der Waals surface area contributed by atoms with Gasteiger partial charge in [0.1, 0.15) is 17.6 Å². The third kappa shape index (κ3) is 7.16. The zero-order chi connectivity index (χ0) is 24.5. The zero-order valence-corrected chi connectivity index (χ0v) is 19.0. The smallest absolute Gasteiger partial charge is 0.311 e. The number of amides is 2. The Morgan fingerprint density at radius 2 is 1.85 bits per heavy atom. The van der Waals surface area contributed by atoms with Crippen molar-refractivity contribution in [1.29, 1.82) is 0 Å². The molecule has 10 heteroatoms. The number of benzene rings is 2. The van der Waals surface area contributed by atoms with Crippen LogP contribution < -0.4 is 14.8 Å². The summed E-state index contributed by atoms with van der Waals surface area (Å²) in [4.78, 5) is 37.5. The second-order valence-electron chi connectivity index (χ2n) is 7.52. The highest BCUT2D eigenvalue weighted by atomic mass is 19.1. The number of hydrogen-bond donors (Lipinski definition) is 1. The number of carbonyl (C=O) groups excluding carboxylic acids is 2. The molecular formula is C23H28FN3O6. The topological polar surface area (TPSA) is 111 Å². The summed E-state index contributed by atoms with van der Waals surface area (Å²) in [5.41, 5.74) is 0.411. The molecule has 2 atom stereocenters. The summed E-state index contributed by atoms with van der Waals surface area (Å²) < 4.78 is 23.8. The molecule has 0 saturated heterocycles. The molecule has 178 valence electrons. The molecule has 2 aromatic rings. The number of rotatable bonds is 11. The van der Waals surface area contributed by atoms with Crippen molar-refractivity contribution in [3.8, 4) is 11.5 Å². The van der Waals surface area contributed by atoms with Gasteiger partial charge in [-0.2, -0.15) is 0 Å². The minimum Gasteiger partial charge on any atom is -0.490 e. The Bertz CT molecular complexity index is 983. The lowest BCUT2D eigenvalue weighted by Crippen LogP contribution is -2.50. The maximum absolute atomic E-state index is 13.3. The molecule has 0 saturated carbocycles. The zero-order valence-electron chi connectivity index (χ0n) is 19.0. The predicted octanol–water partition coefficient (Wildman–Crippen LogP) is 3.45. The molecule has 0 aliphatic rings. The lowest BCUT2D eigenvalue weighted by atomic mass is 10.1. The van der Waals surface area contributed by atoms with E-state index in [-0.39, 0.29) is 35.7 Å². The maximum atomic E-state index is 13.3. The van der Waals surface area contributed by atoms with E-state index in [0.29, 0.717) is 5.56 Å². The van der Waals surface area contributed by atoms with E-state index in [1.54, 1.807) is 6.92 Å². The molecule has 9 nitrogen and oxygen atoms in total. The van der Waals surface area contributed by atoms with Crippen LogP contribution in [0.5, 0.6) is 11.5 Å². The molecule has 0 radical (unpaired) electrons. The number of nitrogens with one attached hydrogen (secondary N) is 1. The first kappa shape index (κ1) is 25.6. The van der Waals surface area contributed by atoms with E-state index in [9.17, 15) is 24.1 Å². The molecule has 1 N–H and O–H groups in total. The molecule has 0 aliphatic carbocycles. The van der Waals surface area contributed by atoms with Gasteiger partial charge in [-0.1, -0.05) is 19.1 Å². The number of nitrogens with zero attached hydrogens (tertiary/aromatic N) is 2. The Morgan fingerprint density at radius 1 is 1.18 bits per heavy atom. The molecule has 0 aromatic heterocycles. The third-order valence-corrected chi connectivity index (χ3v) is 5.14. The first-order chi connectivity index (χ1) is 15.7. The van der Waals surface area contributed by atoms with Crippen LogP contribution in [0.2, 0.25) is 0 Å². The first-order valence-electron chi connectivity index (χ1n) is 10.5. The molecule has 0 fully saturated rings. The number of carbonyl (C=O) groups is 2. The van der Waals surface area contributed by atoms with Gasteiger partial charge in [-0.05, 0) is 44.0 Å². The molecule has 2 aromatic carbocycles. The van der Waals surface area contributed by atoms with E-state index >= 15 is 0 Å². The van der Waals surface area contributed by atoms with Crippen LogP contribution >= 0.6 is 0 Å². The van der Waals surface area contributed by atoms with Gasteiger partial charge in [0.2, 0.25) is 11.7 Å². The Labute approximate surface area is 191 Å². The average molecular weight is 461 g/mol. The molecule has 2 amide bonds. The highest BCUT2D eigenvalue weighted by Gasteiger charge is 2.27. The third-order valence-electron chi connectivity index (χ3n) is 5.14. The summed E-state index contributed by atoms with van der Waals surface area (Å²) in [5, 5.41) is 13.9. The number of nitro groups is 1. The van der Waals surface area contributed by atoms with Gasteiger partial charge in [-0.15, -0.1) is 0 Å². The normalized spacial score (nSPS) is 12.4. The Morgan fingerprint density at radius 3 is 2.42 bits per heavy atom. The van der Waals surface area contributed by atoms with E-state index in [1.807, 2.05) is 13.8 Å². The quantitative estimate of drug-likeness (QED) is 0.405. The van der Waals surface area contributed by atoms with Crippen LogP contribution in [0.25, 0.3) is 0 Å². The van der Waals surface area contributed by atoms with Crippen molar-refractivity contribution in [2.75, 3.05) is 13.7 Å². The van der Waals surface area contributed by atoms with Crippen molar-refractivity contribution in [3.05, 3.63) is 64.0 Å². The van der Waals surface area contributed by atoms with E-state index in [0.717, 1.165) is 6.42 Å². The van der Waals surface area contributed by atoms with E-state index in [2.05, 4.69) is 5.32 Å². The van der Waals surface area contributed by atoms with Crippen LogP contribution in [0.4, 0.5) is 10.1 Å². The fourth-order valence-corrected chi connectivity index (χ4v) is 2.96. The van der Waals surface area contributed by atoms with Gasteiger partial charge in [-0.25, -0.2) is 4.39 Å². The van der Waals surface area contributed by atoms with Crippen LogP contribution in [-0.2, 0) is 16.1 Å². The molecule has 0 bridgehead atoms. The van der Waals surface area contributed by atoms with Crippen LogP contribution in [0.3, 0.4) is 0 Å². The van der Waals surface area contributed by atoms with Crippen LogP contribution in [0, 0.1) is 15.9 Å². The van der Waals surface area contributed by atoms with Gasteiger partial charge in [0.05, 0.1) is 12.0 Å². The average Bonchev–Trinajstić information content (AvgIpc) is 2.81. The van der Waals surface area contributed by atoms with Crippen LogP contribution in [0.1, 0.15) is 32.8 Å². The fourth-order valence-electron chi connectivity index (χ4n) is 2.96. The van der Waals surface area contributed by atoms with Crippen molar-refractivity contribution in [2.24, 2.45) is 0 Å². The minimum atomic E-state index is -0.813. The molecular weight excluding hydrogens is 433 g/mol. The minimum absolute atomic E-state index is 0.00517. The summed E-state index contributed by atoms with van der Waals surface area (Å²) in [5.74, 6) is -1.02. The van der Waals surface area contributed by atoms with Gasteiger partial charge in [0, 0.05) is 24.7 Å². The number of halogens is 1. The van der Waals surface area contributed by atoms with Crippen LogP contribution in [-0.4, -0.2) is 47.4 Å². The Hall–Kier alpha value is -3.69. The summed E-state index contributed by atoms with van der Waals surface area (Å²) in [6, 6.07) is 8.65. The number of methoxy groups -OCH3 is 1. The van der Waals surface area contributed by atoms with E-state index in [4.69, 9.17) is 9.47 Å². The van der Waals surface area contributed by atoms with Gasteiger partial charge >= 0.3 is 5.69 Å².